The van der Waals surface area contributed by atoms with Gasteiger partial charge in [0, 0.05) is 15.6 Å². The number of hydrogen-bond donors (Lipinski definition) is 0. The van der Waals surface area contributed by atoms with E-state index in [4.69, 9.17) is 9.73 Å². The molecule has 0 fully saturated rings. The number of fused-ring (bicyclic) bond motifs is 3. The van der Waals surface area contributed by atoms with Gasteiger partial charge in [-0.1, -0.05) is 81.4 Å². The Bertz CT molecular complexity index is 1680. The Morgan fingerprint density at radius 1 is 1.09 bits per heavy atom. The highest BCUT2D eigenvalue weighted by atomic mass is 79.9. The molecule has 2 aliphatic rings. The minimum Gasteiger partial charge on any atom is -0.496 e. The second-order valence-corrected chi connectivity index (χ2v) is 10.8. The van der Waals surface area contributed by atoms with Crippen LogP contribution in [0.5, 0.6) is 5.75 Å². The first-order valence-corrected chi connectivity index (χ1v) is 13.2. The third-order valence-corrected chi connectivity index (χ3v) is 8.22. The first-order chi connectivity index (χ1) is 17.0. The van der Waals surface area contributed by atoms with E-state index in [0.717, 1.165) is 44.7 Å². The van der Waals surface area contributed by atoms with Gasteiger partial charge in [-0.15, -0.1) is 0 Å². The molecule has 35 heavy (non-hydrogen) atoms. The summed E-state index contributed by atoms with van der Waals surface area (Å²) in [6.45, 7) is 2.09. The number of aryl methyl sites for hydroxylation is 2. The van der Waals surface area contributed by atoms with Crippen molar-refractivity contribution in [2.45, 2.75) is 25.8 Å². The second-order valence-electron chi connectivity index (χ2n) is 8.91. The molecule has 1 aromatic heterocycles. The Kier molecular flexibility index (Phi) is 5.58. The van der Waals surface area contributed by atoms with Crippen LogP contribution in [-0.4, -0.2) is 11.7 Å². The van der Waals surface area contributed by atoms with E-state index < -0.39 is 0 Å². The van der Waals surface area contributed by atoms with Gasteiger partial charge in [0.2, 0.25) is 0 Å². The van der Waals surface area contributed by atoms with Gasteiger partial charge in [-0.3, -0.25) is 9.36 Å². The number of nitrogens with zero attached hydrogens (tertiary/aromatic N) is 2. The third kappa shape index (κ3) is 3.81. The van der Waals surface area contributed by atoms with Crippen molar-refractivity contribution in [2.24, 2.45) is 4.99 Å². The van der Waals surface area contributed by atoms with Crippen molar-refractivity contribution in [3.8, 4) is 5.75 Å². The molecule has 0 amide bonds. The molecule has 4 aromatic rings. The van der Waals surface area contributed by atoms with Crippen molar-refractivity contribution < 1.29 is 4.74 Å². The lowest BCUT2D eigenvalue weighted by molar-refractivity contribution is 0.413. The first-order valence-electron chi connectivity index (χ1n) is 11.6. The Balaban J connectivity index is 1.63. The lowest BCUT2D eigenvalue weighted by Gasteiger charge is -2.30. The highest BCUT2D eigenvalue weighted by Gasteiger charge is 2.32. The number of methoxy groups -OCH3 is 1. The maximum absolute atomic E-state index is 13.9. The van der Waals surface area contributed by atoms with E-state index in [9.17, 15) is 4.79 Å². The third-order valence-electron chi connectivity index (χ3n) is 6.74. The molecule has 1 unspecified atom stereocenters. The van der Waals surface area contributed by atoms with Crippen molar-refractivity contribution in [3.63, 3.8) is 0 Å². The molecule has 1 aliphatic carbocycles. The zero-order chi connectivity index (χ0) is 24.1. The molecule has 0 bridgehead atoms. The molecule has 3 aromatic carbocycles. The summed E-state index contributed by atoms with van der Waals surface area (Å²) in [5.41, 5.74) is 7.88. The SMILES string of the molecule is COc1ccc(Br)cc1C=c1sc2n(c1=O)C(c1ccc(C)cc1)C1=C(N=2)c2ccccc2CC1. The quantitative estimate of drug-likeness (QED) is 0.348. The van der Waals surface area contributed by atoms with Gasteiger partial charge < -0.3 is 4.74 Å². The summed E-state index contributed by atoms with van der Waals surface area (Å²) in [5, 5.41) is 0. The molecule has 0 spiro atoms. The Hall–Kier alpha value is -3.22. The number of ether oxygens (including phenoxy) is 1. The molecule has 0 saturated carbocycles. The van der Waals surface area contributed by atoms with Gasteiger partial charge in [0.25, 0.3) is 5.56 Å². The standard InChI is InChI=1S/C29H23BrN2O2S/c1-17-7-9-19(10-8-17)27-23-13-11-18-5-3-4-6-22(18)26(23)31-29-32(27)28(33)25(35-29)16-20-15-21(30)12-14-24(20)34-2/h3-10,12,14-16,27H,11,13H2,1-2H3. The van der Waals surface area contributed by atoms with Crippen LogP contribution in [0.1, 0.15) is 40.3 Å². The topological polar surface area (TPSA) is 43.6 Å². The number of rotatable bonds is 3. The summed E-state index contributed by atoms with van der Waals surface area (Å²) in [4.78, 5) is 19.7. The highest BCUT2D eigenvalue weighted by Crippen LogP contribution is 2.41. The van der Waals surface area contributed by atoms with Crippen LogP contribution in [0.3, 0.4) is 0 Å². The summed E-state index contributed by atoms with van der Waals surface area (Å²) in [6, 6.07) is 22.7. The van der Waals surface area contributed by atoms with E-state index in [1.807, 2.05) is 28.8 Å². The average Bonchev–Trinajstić information content (AvgIpc) is 3.18. The van der Waals surface area contributed by atoms with Gasteiger partial charge in [0.15, 0.2) is 4.80 Å². The van der Waals surface area contributed by atoms with Crippen LogP contribution < -0.4 is 19.6 Å². The van der Waals surface area contributed by atoms with Crippen molar-refractivity contribution in [1.82, 2.24) is 4.57 Å². The number of halogens is 1. The molecule has 0 N–H and O–H groups in total. The summed E-state index contributed by atoms with van der Waals surface area (Å²) in [6.07, 6.45) is 3.75. The normalized spacial score (nSPS) is 16.9. The Morgan fingerprint density at radius 3 is 2.69 bits per heavy atom. The fraction of sp³-hybridized carbons (Fsp3) is 0.172. The number of benzene rings is 3. The van der Waals surface area contributed by atoms with Gasteiger partial charge >= 0.3 is 0 Å². The van der Waals surface area contributed by atoms with Gasteiger partial charge in [0.05, 0.1) is 23.4 Å². The van der Waals surface area contributed by atoms with E-state index in [2.05, 4.69) is 71.4 Å². The summed E-state index contributed by atoms with van der Waals surface area (Å²) < 4.78 is 9.01. The lowest BCUT2D eigenvalue weighted by Crippen LogP contribution is -2.38. The van der Waals surface area contributed by atoms with Gasteiger partial charge in [0.1, 0.15) is 5.75 Å². The van der Waals surface area contributed by atoms with Crippen molar-refractivity contribution in [1.29, 1.82) is 0 Å². The second kappa shape index (κ2) is 8.77. The Morgan fingerprint density at radius 2 is 1.89 bits per heavy atom. The number of aromatic nitrogens is 1. The smallest absolute Gasteiger partial charge is 0.271 e. The van der Waals surface area contributed by atoms with Crippen LogP contribution in [-0.2, 0) is 6.42 Å². The predicted molar refractivity (Wildman–Crippen MR) is 145 cm³/mol. The lowest BCUT2D eigenvalue weighted by atomic mass is 9.83. The minimum atomic E-state index is -0.165. The largest absolute Gasteiger partial charge is 0.496 e. The van der Waals surface area contributed by atoms with Gasteiger partial charge in [-0.05, 0) is 60.7 Å². The Labute approximate surface area is 215 Å². The van der Waals surface area contributed by atoms with Crippen LogP contribution in [0.15, 0.2) is 86.6 Å². The fourth-order valence-corrected chi connectivity index (χ4v) is 6.40. The maximum atomic E-state index is 13.9. The molecule has 2 heterocycles. The van der Waals surface area contributed by atoms with E-state index in [1.54, 1.807) is 7.11 Å². The summed E-state index contributed by atoms with van der Waals surface area (Å²) in [5.74, 6) is 0.724. The van der Waals surface area contributed by atoms with Crippen LogP contribution in [0, 0.1) is 6.92 Å². The molecule has 0 saturated heterocycles. The van der Waals surface area contributed by atoms with Crippen LogP contribution in [0.4, 0.5) is 0 Å². The molecule has 1 atom stereocenters. The van der Waals surface area contributed by atoms with E-state index in [-0.39, 0.29) is 11.6 Å². The number of thiazole rings is 1. The number of allylic oxidation sites excluding steroid dienone is 1. The predicted octanol–water partition coefficient (Wildman–Crippen LogP) is 5.40. The summed E-state index contributed by atoms with van der Waals surface area (Å²) >= 11 is 4.97. The average molecular weight is 543 g/mol. The molecule has 4 nitrogen and oxygen atoms in total. The molecular formula is C29H23BrN2O2S. The van der Waals surface area contributed by atoms with Crippen molar-refractivity contribution >= 4 is 39.0 Å². The summed E-state index contributed by atoms with van der Waals surface area (Å²) in [7, 11) is 1.64. The van der Waals surface area contributed by atoms with Crippen LogP contribution in [0.25, 0.3) is 11.8 Å². The highest BCUT2D eigenvalue weighted by molar-refractivity contribution is 9.10. The molecule has 0 radical (unpaired) electrons. The van der Waals surface area contributed by atoms with E-state index in [0.29, 0.717) is 4.53 Å². The zero-order valence-corrected chi connectivity index (χ0v) is 21.8. The van der Waals surface area contributed by atoms with Gasteiger partial charge in [-0.25, -0.2) is 4.99 Å². The van der Waals surface area contributed by atoms with Gasteiger partial charge in [-0.2, -0.15) is 0 Å². The van der Waals surface area contributed by atoms with E-state index in [1.165, 1.54) is 33.6 Å². The molecule has 174 valence electrons. The van der Waals surface area contributed by atoms with Crippen LogP contribution in [0.2, 0.25) is 0 Å². The van der Waals surface area contributed by atoms with Crippen LogP contribution >= 0.6 is 27.3 Å². The zero-order valence-electron chi connectivity index (χ0n) is 19.4. The molecular weight excluding hydrogens is 520 g/mol. The van der Waals surface area contributed by atoms with Crippen molar-refractivity contribution in [3.05, 3.63) is 124 Å². The fourth-order valence-electron chi connectivity index (χ4n) is 5.03. The monoisotopic (exact) mass is 542 g/mol. The first kappa shape index (κ1) is 22.3. The number of hydrogen-bond acceptors (Lipinski definition) is 4. The molecule has 6 rings (SSSR count). The molecule has 6 heteroatoms. The molecule has 1 aliphatic heterocycles. The van der Waals surface area contributed by atoms with Crippen molar-refractivity contribution in [2.75, 3.05) is 7.11 Å². The minimum absolute atomic E-state index is 0.0215. The van der Waals surface area contributed by atoms with E-state index >= 15 is 0 Å². The maximum Gasteiger partial charge on any atom is 0.271 e.